The molecule has 0 fully saturated rings. The maximum absolute atomic E-state index is 11.1. The second-order valence-electron chi connectivity index (χ2n) is 3.90. The topological polar surface area (TPSA) is 56.8 Å². The van der Waals surface area contributed by atoms with Gasteiger partial charge in [-0.3, -0.25) is 0 Å². The van der Waals surface area contributed by atoms with Crippen molar-refractivity contribution in [2.45, 2.75) is 39.9 Å². The minimum atomic E-state index is -0.431. The number of nitrogens with one attached hydrogen (secondary N) is 1. The maximum Gasteiger partial charge on any atom is 0.407 e. The molecule has 0 bridgehead atoms. The SMILES string of the molecule is CC(C)OCCNC(=O)OCCOC(C)C. The fourth-order valence-corrected chi connectivity index (χ4v) is 0.917. The highest BCUT2D eigenvalue weighted by Crippen LogP contribution is 1.88. The number of rotatable bonds is 8. The van der Waals surface area contributed by atoms with Crippen LogP contribution < -0.4 is 5.32 Å². The van der Waals surface area contributed by atoms with Gasteiger partial charge in [-0.15, -0.1) is 0 Å². The fourth-order valence-electron chi connectivity index (χ4n) is 0.917. The van der Waals surface area contributed by atoms with E-state index in [4.69, 9.17) is 14.2 Å². The monoisotopic (exact) mass is 233 g/mol. The molecule has 0 unspecified atom stereocenters. The van der Waals surface area contributed by atoms with Crippen LogP contribution in [0.1, 0.15) is 27.7 Å². The van der Waals surface area contributed by atoms with E-state index in [2.05, 4.69) is 5.32 Å². The second kappa shape index (κ2) is 9.42. The van der Waals surface area contributed by atoms with Crippen LogP contribution >= 0.6 is 0 Å². The number of carbonyl (C=O) groups is 1. The van der Waals surface area contributed by atoms with E-state index in [1.54, 1.807) is 0 Å². The molecule has 0 aromatic rings. The van der Waals surface area contributed by atoms with Crippen LogP contribution in [0.2, 0.25) is 0 Å². The average Bonchev–Trinajstić information content (AvgIpc) is 2.19. The lowest BCUT2D eigenvalue weighted by molar-refractivity contribution is 0.0379. The van der Waals surface area contributed by atoms with Crippen molar-refractivity contribution in [3.05, 3.63) is 0 Å². The Balaban J connectivity index is 3.25. The average molecular weight is 233 g/mol. The molecule has 1 amide bonds. The Bertz CT molecular complexity index is 165. The van der Waals surface area contributed by atoms with E-state index in [1.807, 2.05) is 27.7 Å². The van der Waals surface area contributed by atoms with E-state index in [1.165, 1.54) is 0 Å². The zero-order chi connectivity index (χ0) is 12.4. The molecule has 0 heterocycles. The van der Waals surface area contributed by atoms with Crippen LogP contribution in [0.5, 0.6) is 0 Å². The van der Waals surface area contributed by atoms with Gasteiger partial charge in [-0.05, 0) is 27.7 Å². The molecular weight excluding hydrogens is 210 g/mol. The number of ether oxygens (including phenoxy) is 3. The Kier molecular flexibility index (Phi) is 8.94. The highest BCUT2D eigenvalue weighted by atomic mass is 16.6. The quantitative estimate of drug-likeness (QED) is 0.646. The molecule has 0 spiro atoms. The Hall–Kier alpha value is -0.810. The molecule has 16 heavy (non-hydrogen) atoms. The van der Waals surface area contributed by atoms with Gasteiger partial charge in [0.25, 0.3) is 0 Å². The van der Waals surface area contributed by atoms with Gasteiger partial charge in [0.15, 0.2) is 0 Å². The lowest BCUT2D eigenvalue weighted by Crippen LogP contribution is -2.29. The van der Waals surface area contributed by atoms with E-state index in [0.717, 1.165) is 0 Å². The summed E-state index contributed by atoms with van der Waals surface area (Å²) < 4.78 is 15.3. The minimum Gasteiger partial charge on any atom is -0.447 e. The Morgan fingerprint density at radius 2 is 1.56 bits per heavy atom. The summed E-state index contributed by atoms with van der Waals surface area (Å²) in [6, 6.07) is 0. The molecule has 5 nitrogen and oxygen atoms in total. The third-order valence-corrected chi connectivity index (χ3v) is 1.59. The zero-order valence-corrected chi connectivity index (χ0v) is 10.6. The van der Waals surface area contributed by atoms with Gasteiger partial charge in [0.05, 0.1) is 25.4 Å². The minimum absolute atomic E-state index is 0.158. The van der Waals surface area contributed by atoms with E-state index < -0.39 is 6.09 Å². The standard InChI is InChI=1S/C11H23NO4/c1-9(2)14-6-5-12-11(13)16-8-7-15-10(3)4/h9-10H,5-8H2,1-4H3,(H,12,13). The smallest absolute Gasteiger partial charge is 0.407 e. The summed E-state index contributed by atoms with van der Waals surface area (Å²) in [6.45, 7) is 9.41. The van der Waals surface area contributed by atoms with Crippen molar-refractivity contribution in [3.8, 4) is 0 Å². The largest absolute Gasteiger partial charge is 0.447 e. The normalized spacial score (nSPS) is 10.9. The number of carbonyl (C=O) groups excluding carboxylic acids is 1. The summed E-state index contributed by atoms with van der Waals surface area (Å²) >= 11 is 0. The molecule has 0 rings (SSSR count). The first-order chi connectivity index (χ1) is 7.52. The van der Waals surface area contributed by atoms with E-state index in [9.17, 15) is 4.79 Å². The Labute approximate surface area is 97.4 Å². The molecule has 0 aliphatic heterocycles. The summed E-state index contributed by atoms with van der Waals surface area (Å²) in [5.74, 6) is 0. The molecule has 0 aliphatic carbocycles. The highest BCUT2D eigenvalue weighted by Gasteiger charge is 2.01. The van der Waals surface area contributed by atoms with Crippen LogP contribution in [-0.2, 0) is 14.2 Å². The van der Waals surface area contributed by atoms with Crippen LogP contribution in [-0.4, -0.2) is 44.7 Å². The number of alkyl carbamates (subject to hydrolysis) is 1. The third-order valence-electron chi connectivity index (χ3n) is 1.59. The van der Waals surface area contributed by atoms with Gasteiger partial charge < -0.3 is 19.5 Å². The van der Waals surface area contributed by atoms with Gasteiger partial charge >= 0.3 is 6.09 Å². The van der Waals surface area contributed by atoms with Crippen molar-refractivity contribution < 1.29 is 19.0 Å². The van der Waals surface area contributed by atoms with Crippen LogP contribution in [0.4, 0.5) is 4.79 Å². The fraction of sp³-hybridized carbons (Fsp3) is 0.909. The molecule has 0 atom stereocenters. The van der Waals surface area contributed by atoms with Crippen molar-refractivity contribution >= 4 is 6.09 Å². The van der Waals surface area contributed by atoms with Crippen LogP contribution in [0.15, 0.2) is 0 Å². The van der Waals surface area contributed by atoms with E-state index >= 15 is 0 Å². The molecule has 0 aromatic heterocycles. The zero-order valence-electron chi connectivity index (χ0n) is 10.6. The Morgan fingerprint density at radius 1 is 1.00 bits per heavy atom. The van der Waals surface area contributed by atoms with Crippen molar-refractivity contribution in [3.63, 3.8) is 0 Å². The lowest BCUT2D eigenvalue weighted by atomic mass is 10.5. The number of amides is 1. The summed E-state index contributed by atoms with van der Waals surface area (Å²) in [7, 11) is 0. The first-order valence-corrected chi connectivity index (χ1v) is 5.66. The molecule has 1 N–H and O–H groups in total. The van der Waals surface area contributed by atoms with Gasteiger partial charge in [-0.2, -0.15) is 0 Å². The molecule has 0 aliphatic rings. The first kappa shape index (κ1) is 15.2. The highest BCUT2D eigenvalue weighted by molar-refractivity contribution is 5.66. The van der Waals surface area contributed by atoms with E-state index in [-0.39, 0.29) is 18.8 Å². The van der Waals surface area contributed by atoms with Crippen LogP contribution in [0, 0.1) is 0 Å². The molecule has 0 saturated carbocycles. The summed E-state index contributed by atoms with van der Waals surface area (Å²) in [5, 5.41) is 2.58. The predicted molar refractivity (Wildman–Crippen MR) is 61.5 cm³/mol. The first-order valence-electron chi connectivity index (χ1n) is 5.66. The van der Waals surface area contributed by atoms with Crippen LogP contribution in [0.25, 0.3) is 0 Å². The van der Waals surface area contributed by atoms with E-state index in [0.29, 0.717) is 19.8 Å². The van der Waals surface area contributed by atoms with Crippen molar-refractivity contribution in [2.24, 2.45) is 0 Å². The van der Waals surface area contributed by atoms with Crippen molar-refractivity contribution in [2.75, 3.05) is 26.4 Å². The summed E-state index contributed by atoms with van der Waals surface area (Å²) in [4.78, 5) is 11.1. The third kappa shape index (κ3) is 11.3. The van der Waals surface area contributed by atoms with Gasteiger partial charge in [0, 0.05) is 6.54 Å². The predicted octanol–water partition coefficient (Wildman–Crippen LogP) is 1.56. The second-order valence-corrected chi connectivity index (χ2v) is 3.90. The molecule has 96 valence electrons. The molecule has 0 saturated heterocycles. The van der Waals surface area contributed by atoms with Gasteiger partial charge in [0.1, 0.15) is 6.61 Å². The molecule has 0 radical (unpaired) electrons. The summed E-state index contributed by atoms with van der Waals surface area (Å²) in [5.41, 5.74) is 0. The maximum atomic E-state index is 11.1. The van der Waals surface area contributed by atoms with Crippen molar-refractivity contribution in [1.82, 2.24) is 5.32 Å². The number of hydrogen-bond donors (Lipinski definition) is 1. The van der Waals surface area contributed by atoms with Gasteiger partial charge in [-0.1, -0.05) is 0 Å². The molecular formula is C11H23NO4. The molecule has 0 aromatic carbocycles. The number of hydrogen-bond acceptors (Lipinski definition) is 4. The van der Waals surface area contributed by atoms with Crippen LogP contribution in [0.3, 0.4) is 0 Å². The summed E-state index contributed by atoms with van der Waals surface area (Å²) in [6.07, 6.45) is -0.0944. The van der Waals surface area contributed by atoms with Crippen molar-refractivity contribution in [1.29, 1.82) is 0 Å². The van der Waals surface area contributed by atoms with Gasteiger partial charge in [0.2, 0.25) is 0 Å². The molecule has 5 heteroatoms. The lowest BCUT2D eigenvalue weighted by Gasteiger charge is -2.10. The van der Waals surface area contributed by atoms with Gasteiger partial charge in [-0.25, -0.2) is 4.79 Å². The Morgan fingerprint density at radius 3 is 2.12 bits per heavy atom.